The first kappa shape index (κ1) is 9.39. The van der Waals surface area contributed by atoms with Gasteiger partial charge in [-0.3, -0.25) is 0 Å². The molecule has 0 radical (unpaired) electrons. The minimum absolute atomic E-state index is 0.0739. The van der Waals surface area contributed by atoms with E-state index in [1.165, 1.54) is 5.71 Å². The second-order valence-electron chi connectivity index (χ2n) is 3.64. The molecule has 0 bridgehead atoms. The van der Waals surface area contributed by atoms with Crippen molar-refractivity contribution >= 4 is 11.4 Å². The van der Waals surface area contributed by atoms with Gasteiger partial charge in [-0.2, -0.15) is 0 Å². The molecule has 1 aliphatic rings. The van der Waals surface area contributed by atoms with Crippen LogP contribution in [0.4, 0.5) is 0 Å². The molecule has 1 unspecified atom stereocenters. The minimum Gasteiger partial charge on any atom is -0.390 e. The summed E-state index contributed by atoms with van der Waals surface area (Å²) in [6.45, 7) is 6.44. The molecule has 1 N–H and O–H groups in total. The lowest BCUT2D eigenvalue weighted by molar-refractivity contribution is -0.500. The van der Waals surface area contributed by atoms with E-state index in [0.29, 0.717) is 11.8 Å². The Kier molecular flexibility index (Phi) is 2.62. The third kappa shape index (κ3) is 1.41. The summed E-state index contributed by atoms with van der Waals surface area (Å²) in [6.07, 6.45) is 0. The van der Waals surface area contributed by atoms with Gasteiger partial charge in [-0.15, -0.1) is 0 Å². The average Bonchev–Trinajstić information content (AvgIpc) is 2.28. The lowest BCUT2D eigenvalue weighted by Gasteiger charge is -2.11. The van der Waals surface area contributed by atoms with E-state index in [2.05, 4.69) is 25.9 Å². The zero-order chi connectivity index (χ0) is 9.30. The van der Waals surface area contributed by atoms with Crippen molar-refractivity contribution in [3.8, 4) is 0 Å². The van der Waals surface area contributed by atoms with Gasteiger partial charge in [-0.1, -0.05) is 18.5 Å². The first-order valence-corrected chi connectivity index (χ1v) is 4.33. The zero-order valence-corrected chi connectivity index (χ0v) is 8.20. The van der Waals surface area contributed by atoms with Crippen molar-refractivity contribution in [3.63, 3.8) is 0 Å². The van der Waals surface area contributed by atoms with Gasteiger partial charge in [0.15, 0.2) is 12.8 Å². The normalized spacial score (nSPS) is 23.8. The fraction of sp³-hybridized carbons (Fsp3) is 0.778. The molecule has 1 heterocycles. The standard InChI is InChI=1S/C9H17N2O/c1-6(2)9-7(3)11(4)10-8(9)5-12/h6,9,12H,5H2,1-4H3/q+1. The molecule has 0 saturated heterocycles. The van der Waals surface area contributed by atoms with Gasteiger partial charge in [0.1, 0.15) is 5.71 Å². The van der Waals surface area contributed by atoms with Gasteiger partial charge in [0.05, 0.1) is 12.5 Å². The molecular weight excluding hydrogens is 152 g/mol. The second kappa shape index (κ2) is 3.35. The summed E-state index contributed by atoms with van der Waals surface area (Å²) in [5.41, 5.74) is 2.12. The highest BCUT2D eigenvalue weighted by molar-refractivity contribution is 6.07. The summed E-state index contributed by atoms with van der Waals surface area (Å²) >= 11 is 0. The van der Waals surface area contributed by atoms with E-state index in [1.54, 1.807) is 0 Å². The molecule has 1 aliphatic heterocycles. The minimum atomic E-state index is 0.0739. The van der Waals surface area contributed by atoms with E-state index in [-0.39, 0.29) is 6.61 Å². The Labute approximate surface area is 73.4 Å². The Balaban J connectivity index is 2.91. The van der Waals surface area contributed by atoms with Gasteiger partial charge in [0.2, 0.25) is 0 Å². The summed E-state index contributed by atoms with van der Waals surface area (Å²) < 4.78 is 1.86. The van der Waals surface area contributed by atoms with Crippen LogP contribution >= 0.6 is 0 Å². The van der Waals surface area contributed by atoms with Crippen LogP contribution in [0, 0.1) is 11.8 Å². The molecule has 0 aliphatic carbocycles. The molecule has 0 fully saturated rings. The first-order valence-electron chi connectivity index (χ1n) is 4.33. The lowest BCUT2D eigenvalue weighted by atomic mass is 9.88. The molecule has 3 heteroatoms. The third-order valence-electron chi connectivity index (χ3n) is 2.43. The Bertz CT molecular complexity index is 241. The number of aliphatic hydroxyl groups excluding tert-OH is 1. The van der Waals surface area contributed by atoms with Gasteiger partial charge in [-0.05, 0) is 11.0 Å². The summed E-state index contributed by atoms with van der Waals surface area (Å²) in [5, 5.41) is 13.3. The van der Waals surface area contributed by atoms with Crippen molar-refractivity contribution in [3.05, 3.63) is 0 Å². The van der Waals surface area contributed by atoms with E-state index in [0.717, 1.165) is 5.71 Å². The summed E-state index contributed by atoms with van der Waals surface area (Å²) in [7, 11) is 1.92. The van der Waals surface area contributed by atoms with Crippen molar-refractivity contribution in [1.29, 1.82) is 0 Å². The first-order chi connectivity index (χ1) is 5.57. The quantitative estimate of drug-likeness (QED) is 0.607. The molecular formula is C9H17N2O+. The van der Waals surface area contributed by atoms with Crippen LogP contribution in [0.1, 0.15) is 20.8 Å². The molecule has 1 rings (SSSR count). The van der Waals surface area contributed by atoms with Crippen LogP contribution in [-0.2, 0) is 0 Å². The molecule has 1 atom stereocenters. The monoisotopic (exact) mass is 169 g/mol. The Morgan fingerprint density at radius 3 is 2.50 bits per heavy atom. The fourth-order valence-corrected chi connectivity index (χ4v) is 1.77. The number of aliphatic hydroxyl groups is 1. The summed E-state index contributed by atoms with van der Waals surface area (Å²) in [4.78, 5) is 0. The molecule has 12 heavy (non-hydrogen) atoms. The van der Waals surface area contributed by atoms with Gasteiger partial charge in [-0.25, -0.2) is 0 Å². The highest BCUT2D eigenvalue weighted by atomic mass is 16.3. The van der Waals surface area contributed by atoms with Gasteiger partial charge >= 0.3 is 0 Å². The lowest BCUT2D eigenvalue weighted by Crippen LogP contribution is -2.27. The summed E-state index contributed by atoms with van der Waals surface area (Å²) in [5.74, 6) is 0.848. The highest BCUT2D eigenvalue weighted by Crippen LogP contribution is 2.19. The van der Waals surface area contributed by atoms with Crippen molar-refractivity contribution in [2.75, 3.05) is 13.7 Å². The SMILES string of the molecule is CC1=[N+](C)N=C(CO)C1C(C)C. The van der Waals surface area contributed by atoms with Crippen LogP contribution in [0.25, 0.3) is 0 Å². The Hall–Kier alpha value is -0.700. The number of hydrogen-bond acceptors (Lipinski definition) is 2. The average molecular weight is 169 g/mol. The second-order valence-corrected chi connectivity index (χ2v) is 3.64. The van der Waals surface area contributed by atoms with Crippen LogP contribution in [0.15, 0.2) is 5.10 Å². The molecule has 0 aromatic heterocycles. The van der Waals surface area contributed by atoms with Gasteiger partial charge in [0, 0.05) is 6.92 Å². The van der Waals surface area contributed by atoms with E-state index in [4.69, 9.17) is 5.11 Å². The zero-order valence-electron chi connectivity index (χ0n) is 8.20. The maximum Gasteiger partial charge on any atom is 0.191 e. The molecule has 0 aromatic rings. The van der Waals surface area contributed by atoms with Crippen molar-refractivity contribution in [2.45, 2.75) is 20.8 Å². The maximum atomic E-state index is 9.05. The molecule has 0 spiro atoms. The third-order valence-corrected chi connectivity index (χ3v) is 2.43. The summed E-state index contributed by atoms with van der Waals surface area (Å²) in [6, 6.07) is 0. The van der Waals surface area contributed by atoms with Crippen LogP contribution < -0.4 is 0 Å². The van der Waals surface area contributed by atoms with Crippen molar-refractivity contribution in [1.82, 2.24) is 0 Å². The molecule has 0 amide bonds. The van der Waals surface area contributed by atoms with E-state index < -0.39 is 0 Å². The van der Waals surface area contributed by atoms with Gasteiger partial charge in [0.25, 0.3) is 0 Å². The predicted octanol–water partition coefficient (Wildman–Crippen LogP) is 0.724. The van der Waals surface area contributed by atoms with Gasteiger partial charge < -0.3 is 5.11 Å². The van der Waals surface area contributed by atoms with Crippen molar-refractivity contribution in [2.24, 2.45) is 16.9 Å². The smallest absolute Gasteiger partial charge is 0.191 e. The predicted molar refractivity (Wildman–Crippen MR) is 49.7 cm³/mol. The van der Waals surface area contributed by atoms with Crippen LogP contribution in [-0.4, -0.2) is 34.9 Å². The maximum absolute atomic E-state index is 9.05. The topological polar surface area (TPSA) is 35.6 Å². The molecule has 3 nitrogen and oxygen atoms in total. The van der Waals surface area contributed by atoms with Crippen LogP contribution in [0.2, 0.25) is 0 Å². The van der Waals surface area contributed by atoms with Crippen LogP contribution in [0.5, 0.6) is 0 Å². The number of hydrazone groups is 1. The number of nitrogens with zero attached hydrogens (tertiary/aromatic N) is 2. The van der Waals surface area contributed by atoms with Crippen LogP contribution in [0.3, 0.4) is 0 Å². The molecule has 68 valence electrons. The Morgan fingerprint density at radius 1 is 1.58 bits per heavy atom. The highest BCUT2D eigenvalue weighted by Gasteiger charge is 2.34. The Morgan fingerprint density at radius 2 is 2.17 bits per heavy atom. The van der Waals surface area contributed by atoms with E-state index in [1.807, 2.05) is 11.7 Å². The fourth-order valence-electron chi connectivity index (χ4n) is 1.77. The largest absolute Gasteiger partial charge is 0.390 e. The number of hydrogen-bond donors (Lipinski definition) is 1. The van der Waals surface area contributed by atoms with E-state index >= 15 is 0 Å². The molecule has 0 aromatic carbocycles. The number of rotatable bonds is 2. The van der Waals surface area contributed by atoms with E-state index in [9.17, 15) is 0 Å². The molecule has 0 saturated carbocycles. The van der Waals surface area contributed by atoms with Crippen molar-refractivity contribution < 1.29 is 9.79 Å².